The summed E-state index contributed by atoms with van der Waals surface area (Å²) in [6, 6.07) is 66.2. The summed E-state index contributed by atoms with van der Waals surface area (Å²) in [5.41, 5.74) is 12.4. The lowest BCUT2D eigenvalue weighted by atomic mass is 9.93. The van der Waals surface area contributed by atoms with E-state index in [0.29, 0.717) is 5.82 Å². The first-order valence-corrected chi connectivity index (χ1v) is 18.2. The SMILES string of the molecule is c1ccc(-c2nc(-c3ccc4oc5ccccc5c4c3)cc(-c3ccc(-c4ccc(-n5c6ccccc6c6ccccc65)cc4)c4ccccc34)n2)cc1. The van der Waals surface area contributed by atoms with Crippen LogP contribution in [0.25, 0.3) is 105 Å². The van der Waals surface area contributed by atoms with Gasteiger partial charge in [0.1, 0.15) is 11.2 Å². The number of para-hydroxylation sites is 3. The van der Waals surface area contributed by atoms with Crippen LogP contribution in [0.4, 0.5) is 0 Å². The molecule has 4 heteroatoms. The van der Waals surface area contributed by atoms with Gasteiger partial charge in [0, 0.05) is 43.9 Å². The van der Waals surface area contributed by atoms with Gasteiger partial charge in [-0.15, -0.1) is 0 Å². The summed E-state index contributed by atoms with van der Waals surface area (Å²) < 4.78 is 8.51. The molecule has 0 aliphatic heterocycles. The van der Waals surface area contributed by atoms with Crippen molar-refractivity contribution in [3.05, 3.63) is 188 Å². The van der Waals surface area contributed by atoms with E-state index in [4.69, 9.17) is 14.4 Å². The second-order valence-corrected chi connectivity index (χ2v) is 13.8. The third-order valence-electron chi connectivity index (χ3n) is 10.6. The molecule has 11 aromatic rings. The number of aromatic nitrogens is 3. The second kappa shape index (κ2) is 12.1. The van der Waals surface area contributed by atoms with Gasteiger partial charge in [-0.3, -0.25) is 0 Å². The van der Waals surface area contributed by atoms with E-state index in [0.717, 1.165) is 66.7 Å². The van der Waals surface area contributed by atoms with Crippen molar-refractivity contribution >= 4 is 54.5 Å². The Morgan fingerprint density at radius 3 is 1.65 bits per heavy atom. The van der Waals surface area contributed by atoms with Gasteiger partial charge in [0.2, 0.25) is 0 Å². The van der Waals surface area contributed by atoms with Gasteiger partial charge in [-0.1, -0.05) is 133 Å². The summed E-state index contributed by atoms with van der Waals surface area (Å²) in [4.78, 5) is 10.4. The normalized spacial score (nSPS) is 11.7. The van der Waals surface area contributed by atoms with Crippen LogP contribution in [0.3, 0.4) is 0 Å². The van der Waals surface area contributed by atoms with Gasteiger partial charge in [0.05, 0.1) is 22.4 Å². The highest BCUT2D eigenvalue weighted by Gasteiger charge is 2.17. The Hall–Kier alpha value is -7.30. The molecule has 0 bridgehead atoms. The lowest BCUT2D eigenvalue weighted by molar-refractivity contribution is 0.669. The van der Waals surface area contributed by atoms with Crippen molar-refractivity contribution in [2.45, 2.75) is 0 Å². The molecule has 0 amide bonds. The minimum Gasteiger partial charge on any atom is -0.456 e. The van der Waals surface area contributed by atoms with Gasteiger partial charge in [-0.25, -0.2) is 9.97 Å². The monoisotopic (exact) mass is 689 g/mol. The highest BCUT2D eigenvalue weighted by molar-refractivity contribution is 6.10. The van der Waals surface area contributed by atoms with Gasteiger partial charge in [0.15, 0.2) is 5.82 Å². The Morgan fingerprint density at radius 2 is 0.907 bits per heavy atom. The Morgan fingerprint density at radius 1 is 0.352 bits per heavy atom. The van der Waals surface area contributed by atoms with E-state index < -0.39 is 0 Å². The molecule has 0 atom stereocenters. The van der Waals surface area contributed by atoms with Gasteiger partial charge >= 0.3 is 0 Å². The Bertz CT molecular complexity index is 3160. The largest absolute Gasteiger partial charge is 0.456 e. The minimum atomic E-state index is 0.689. The van der Waals surface area contributed by atoms with Crippen molar-refractivity contribution in [1.29, 1.82) is 0 Å². The first-order valence-electron chi connectivity index (χ1n) is 18.2. The number of furan rings is 1. The molecule has 0 radical (unpaired) electrons. The van der Waals surface area contributed by atoms with Crippen LogP contribution in [0.15, 0.2) is 192 Å². The number of hydrogen-bond donors (Lipinski definition) is 0. The van der Waals surface area contributed by atoms with E-state index in [1.807, 2.05) is 36.4 Å². The van der Waals surface area contributed by atoms with Crippen LogP contribution in [0.5, 0.6) is 0 Å². The molecule has 0 saturated heterocycles. The molecule has 0 N–H and O–H groups in total. The fraction of sp³-hybridized carbons (Fsp3) is 0. The summed E-state index contributed by atoms with van der Waals surface area (Å²) in [5, 5.41) is 7.00. The van der Waals surface area contributed by atoms with Crippen LogP contribution in [-0.4, -0.2) is 14.5 Å². The van der Waals surface area contributed by atoms with E-state index in [2.05, 4.69) is 156 Å². The summed E-state index contributed by atoms with van der Waals surface area (Å²) in [5.74, 6) is 0.689. The van der Waals surface area contributed by atoms with Crippen molar-refractivity contribution in [3.63, 3.8) is 0 Å². The van der Waals surface area contributed by atoms with E-state index in [9.17, 15) is 0 Å². The summed E-state index contributed by atoms with van der Waals surface area (Å²) in [6.07, 6.45) is 0. The van der Waals surface area contributed by atoms with Gasteiger partial charge in [-0.2, -0.15) is 0 Å². The molecule has 3 aromatic heterocycles. The predicted octanol–water partition coefficient (Wildman–Crippen LogP) is 13.3. The molecule has 252 valence electrons. The predicted molar refractivity (Wildman–Crippen MR) is 223 cm³/mol. The lowest BCUT2D eigenvalue weighted by Crippen LogP contribution is -1.97. The molecule has 4 nitrogen and oxygen atoms in total. The molecular weight excluding hydrogens is 659 g/mol. The minimum absolute atomic E-state index is 0.689. The number of hydrogen-bond acceptors (Lipinski definition) is 3. The van der Waals surface area contributed by atoms with Crippen LogP contribution in [0.2, 0.25) is 0 Å². The third-order valence-corrected chi connectivity index (χ3v) is 10.6. The molecule has 0 saturated carbocycles. The Balaban J connectivity index is 1.05. The first-order chi connectivity index (χ1) is 26.8. The summed E-state index contributed by atoms with van der Waals surface area (Å²) in [7, 11) is 0. The molecule has 0 spiro atoms. The summed E-state index contributed by atoms with van der Waals surface area (Å²) >= 11 is 0. The maximum atomic E-state index is 6.15. The Kier molecular flexibility index (Phi) is 6.82. The zero-order chi connectivity index (χ0) is 35.6. The third kappa shape index (κ3) is 4.85. The topological polar surface area (TPSA) is 43.9 Å². The number of fused-ring (bicyclic) bond motifs is 7. The van der Waals surface area contributed by atoms with Crippen molar-refractivity contribution in [3.8, 4) is 50.7 Å². The van der Waals surface area contributed by atoms with E-state index >= 15 is 0 Å². The fourth-order valence-electron chi connectivity index (χ4n) is 8.10. The zero-order valence-corrected chi connectivity index (χ0v) is 29.1. The Labute approximate surface area is 311 Å². The van der Waals surface area contributed by atoms with Crippen molar-refractivity contribution in [2.75, 3.05) is 0 Å². The fourth-order valence-corrected chi connectivity index (χ4v) is 8.10. The average Bonchev–Trinajstić information content (AvgIpc) is 3.79. The smallest absolute Gasteiger partial charge is 0.160 e. The van der Waals surface area contributed by atoms with Crippen molar-refractivity contribution in [2.24, 2.45) is 0 Å². The number of nitrogens with zero attached hydrogens (tertiary/aromatic N) is 3. The highest BCUT2D eigenvalue weighted by atomic mass is 16.3. The van der Waals surface area contributed by atoms with Crippen LogP contribution < -0.4 is 0 Å². The van der Waals surface area contributed by atoms with Gasteiger partial charge < -0.3 is 8.98 Å². The van der Waals surface area contributed by atoms with Crippen LogP contribution in [-0.2, 0) is 0 Å². The van der Waals surface area contributed by atoms with E-state index in [-0.39, 0.29) is 0 Å². The number of benzene rings is 8. The van der Waals surface area contributed by atoms with Crippen molar-refractivity contribution in [1.82, 2.24) is 14.5 Å². The molecule has 11 rings (SSSR count). The molecule has 0 aliphatic carbocycles. The van der Waals surface area contributed by atoms with E-state index in [1.54, 1.807) is 0 Å². The quantitative estimate of drug-likeness (QED) is 0.181. The first kappa shape index (κ1) is 30.3. The number of rotatable bonds is 5. The lowest BCUT2D eigenvalue weighted by Gasteiger charge is -2.14. The van der Waals surface area contributed by atoms with Gasteiger partial charge in [0.25, 0.3) is 0 Å². The van der Waals surface area contributed by atoms with Crippen LogP contribution in [0, 0.1) is 0 Å². The molecule has 0 fully saturated rings. The van der Waals surface area contributed by atoms with Crippen molar-refractivity contribution < 1.29 is 4.42 Å². The molecule has 8 aromatic carbocycles. The van der Waals surface area contributed by atoms with Crippen LogP contribution in [0.1, 0.15) is 0 Å². The van der Waals surface area contributed by atoms with Crippen LogP contribution >= 0.6 is 0 Å². The standard InChI is InChI=1S/C50H31N3O/c1-2-12-33(13-3-1)50-51-44(34-24-29-49-43(30-34)42-18-8-11-21-48(42)54-49)31-45(52-50)39-28-27-36(37-14-4-5-15-38(37)39)32-22-25-35(26-23-32)53-46-19-9-6-16-40(46)41-17-7-10-20-47(41)53/h1-31H. The summed E-state index contributed by atoms with van der Waals surface area (Å²) in [6.45, 7) is 0. The molecule has 0 aliphatic rings. The van der Waals surface area contributed by atoms with E-state index in [1.165, 1.54) is 32.8 Å². The molecule has 0 unspecified atom stereocenters. The van der Waals surface area contributed by atoms with Gasteiger partial charge in [-0.05, 0) is 76.5 Å². The zero-order valence-electron chi connectivity index (χ0n) is 29.1. The average molecular weight is 690 g/mol. The maximum absolute atomic E-state index is 6.15. The molecule has 54 heavy (non-hydrogen) atoms. The molecular formula is C50H31N3O. The molecule has 3 heterocycles. The highest BCUT2D eigenvalue weighted by Crippen LogP contribution is 2.39. The second-order valence-electron chi connectivity index (χ2n) is 13.8. The maximum Gasteiger partial charge on any atom is 0.160 e.